The number of hydrogen-bond donors (Lipinski definition) is 1. The van der Waals surface area contributed by atoms with Crippen LogP contribution >= 0.6 is 0 Å². The molecule has 1 aliphatic heterocycles. The summed E-state index contributed by atoms with van der Waals surface area (Å²) >= 11 is 0. The molecule has 3 fully saturated rings. The molecular weight excluding hydrogens is 433 g/mol. The van der Waals surface area contributed by atoms with Gasteiger partial charge in [-0.1, -0.05) is 19.3 Å². The van der Waals surface area contributed by atoms with Crippen LogP contribution in [0.15, 0.2) is 12.1 Å². The molecule has 3 aliphatic rings. The van der Waals surface area contributed by atoms with E-state index in [0.717, 1.165) is 69.2 Å². The number of halogens is 1. The highest BCUT2D eigenvalue weighted by molar-refractivity contribution is 5.95. The Labute approximate surface area is 202 Å². The minimum Gasteiger partial charge on any atom is -0.337 e. The van der Waals surface area contributed by atoms with E-state index >= 15 is 0 Å². The summed E-state index contributed by atoms with van der Waals surface area (Å²) < 4.78 is 14.5. The number of carbonyl (C=O) groups is 3. The average molecular weight is 472 g/mol. The molecule has 0 aromatic heterocycles. The van der Waals surface area contributed by atoms with Crippen molar-refractivity contribution in [2.75, 3.05) is 25.0 Å². The van der Waals surface area contributed by atoms with E-state index in [1.54, 1.807) is 0 Å². The molecular formula is C27H38FN3O3. The standard InChI is InChI=1S/C27H38FN3O3/c1-18-16-30(11-12-31(18)27(34)20-7-3-4-8-20)17-22-13-23(28)15-24(19(22)2)29-26(33)14-21-9-5-6-10-25(21)32/h13,15,18,20-21H,3-12,14,16-17H2,1-2H3,(H,29,33). The van der Waals surface area contributed by atoms with E-state index in [9.17, 15) is 18.8 Å². The van der Waals surface area contributed by atoms with E-state index in [0.29, 0.717) is 31.1 Å². The maximum Gasteiger partial charge on any atom is 0.226 e. The van der Waals surface area contributed by atoms with Crippen LogP contribution in [0.1, 0.15) is 75.8 Å². The normalized spacial score (nSPS) is 24.4. The molecule has 2 saturated carbocycles. The van der Waals surface area contributed by atoms with Gasteiger partial charge in [0.2, 0.25) is 11.8 Å². The third kappa shape index (κ3) is 5.85. The van der Waals surface area contributed by atoms with E-state index in [1.165, 1.54) is 12.1 Å². The summed E-state index contributed by atoms with van der Waals surface area (Å²) in [7, 11) is 0. The third-order valence-electron chi connectivity index (χ3n) is 7.96. The van der Waals surface area contributed by atoms with E-state index in [4.69, 9.17) is 0 Å². The number of nitrogens with zero attached hydrogens (tertiary/aromatic N) is 2. The van der Waals surface area contributed by atoms with Gasteiger partial charge in [0.1, 0.15) is 11.6 Å². The molecule has 2 unspecified atom stereocenters. The summed E-state index contributed by atoms with van der Waals surface area (Å²) in [5.74, 6) is -0.174. The predicted molar refractivity (Wildman–Crippen MR) is 130 cm³/mol. The molecule has 1 heterocycles. The first kappa shape index (κ1) is 24.8. The van der Waals surface area contributed by atoms with Gasteiger partial charge in [-0.2, -0.15) is 0 Å². The molecule has 34 heavy (non-hydrogen) atoms. The van der Waals surface area contributed by atoms with Crippen LogP contribution in [0.2, 0.25) is 0 Å². The molecule has 6 nitrogen and oxygen atoms in total. The summed E-state index contributed by atoms with van der Waals surface area (Å²) in [5, 5.41) is 2.86. The fraction of sp³-hybridized carbons (Fsp3) is 0.667. The second kappa shape index (κ2) is 11.0. The number of nitrogens with one attached hydrogen (secondary N) is 1. The van der Waals surface area contributed by atoms with Crippen molar-refractivity contribution in [1.29, 1.82) is 0 Å². The first-order valence-electron chi connectivity index (χ1n) is 13.0. The molecule has 1 saturated heterocycles. The molecule has 2 amide bonds. The zero-order chi connectivity index (χ0) is 24.2. The van der Waals surface area contributed by atoms with Gasteiger partial charge < -0.3 is 10.2 Å². The van der Waals surface area contributed by atoms with Crippen molar-refractivity contribution in [1.82, 2.24) is 9.80 Å². The van der Waals surface area contributed by atoms with Crippen LogP contribution in [0, 0.1) is 24.6 Å². The Morgan fingerprint density at radius 1 is 1.09 bits per heavy atom. The van der Waals surface area contributed by atoms with Crippen molar-refractivity contribution in [3.05, 3.63) is 29.1 Å². The summed E-state index contributed by atoms with van der Waals surface area (Å²) in [4.78, 5) is 41.9. The van der Waals surface area contributed by atoms with Crippen LogP contribution in [-0.2, 0) is 20.9 Å². The summed E-state index contributed by atoms with van der Waals surface area (Å²) in [5.41, 5.74) is 2.17. The number of Topliss-reactive ketones (excluding diaryl/α,β-unsaturated/α-hetero) is 1. The molecule has 1 aromatic carbocycles. The smallest absolute Gasteiger partial charge is 0.226 e. The molecule has 1 N–H and O–H groups in total. The van der Waals surface area contributed by atoms with Crippen molar-refractivity contribution in [2.45, 2.75) is 84.2 Å². The molecule has 2 aliphatic carbocycles. The first-order valence-corrected chi connectivity index (χ1v) is 13.0. The SMILES string of the molecule is Cc1c(CN2CCN(C(=O)C3CCCC3)C(C)C2)cc(F)cc1NC(=O)CC1CCCCC1=O. The highest BCUT2D eigenvalue weighted by Gasteiger charge is 2.33. The number of benzene rings is 1. The lowest BCUT2D eigenvalue weighted by Crippen LogP contribution is -2.54. The van der Waals surface area contributed by atoms with Crippen LogP contribution < -0.4 is 5.32 Å². The number of anilines is 1. The number of hydrogen-bond acceptors (Lipinski definition) is 4. The lowest BCUT2D eigenvalue weighted by molar-refractivity contribution is -0.140. The largest absolute Gasteiger partial charge is 0.337 e. The zero-order valence-corrected chi connectivity index (χ0v) is 20.6. The van der Waals surface area contributed by atoms with Gasteiger partial charge in [0.05, 0.1) is 0 Å². The van der Waals surface area contributed by atoms with Gasteiger partial charge in [-0.25, -0.2) is 4.39 Å². The average Bonchev–Trinajstić information content (AvgIpc) is 3.33. The fourth-order valence-corrected chi connectivity index (χ4v) is 5.88. The van der Waals surface area contributed by atoms with Gasteiger partial charge in [0.25, 0.3) is 0 Å². The Morgan fingerprint density at radius 2 is 1.82 bits per heavy atom. The molecule has 186 valence electrons. The summed E-state index contributed by atoms with van der Waals surface area (Å²) in [6.07, 6.45) is 7.69. The lowest BCUT2D eigenvalue weighted by atomic mass is 9.85. The fourth-order valence-electron chi connectivity index (χ4n) is 5.88. The number of rotatable bonds is 6. The minimum atomic E-state index is -0.382. The van der Waals surface area contributed by atoms with Gasteiger partial charge >= 0.3 is 0 Å². The van der Waals surface area contributed by atoms with Crippen LogP contribution in [0.4, 0.5) is 10.1 Å². The second-order valence-electron chi connectivity index (χ2n) is 10.5. The van der Waals surface area contributed by atoms with Crippen molar-refractivity contribution in [3.63, 3.8) is 0 Å². The molecule has 2 atom stereocenters. The van der Waals surface area contributed by atoms with E-state index in [-0.39, 0.29) is 41.8 Å². The molecule has 0 radical (unpaired) electrons. The summed E-state index contributed by atoms with van der Waals surface area (Å²) in [6.45, 7) is 6.77. The Balaban J connectivity index is 1.36. The van der Waals surface area contributed by atoms with Gasteiger partial charge in [0, 0.05) is 62.6 Å². The van der Waals surface area contributed by atoms with Gasteiger partial charge in [-0.05, 0) is 62.8 Å². The predicted octanol–water partition coefficient (Wildman–Crippen LogP) is 4.44. The Morgan fingerprint density at radius 3 is 2.53 bits per heavy atom. The Bertz CT molecular complexity index is 928. The molecule has 0 bridgehead atoms. The van der Waals surface area contributed by atoms with Gasteiger partial charge in [-0.15, -0.1) is 0 Å². The lowest BCUT2D eigenvalue weighted by Gasteiger charge is -2.41. The van der Waals surface area contributed by atoms with Crippen LogP contribution in [0.3, 0.4) is 0 Å². The number of ketones is 1. The van der Waals surface area contributed by atoms with E-state index in [1.807, 2.05) is 11.8 Å². The second-order valence-corrected chi connectivity index (χ2v) is 10.5. The maximum atomic E-state index is 14.5. The first-order chi connectivity index (χ1) is 16.3. The highest BCUT2D eigenvalue weighted by atomic mass is 19.1. The van der Waals surface area contributed by atoms with Crippen LogP contribution in [0.25, 0.3) is 0 Å². The van der Waals surface area contributed by atoms with Crippen LogP contribution in [0.5, 0.6) is 0 Å². The van der Waals surface area contributed by atoms with Crippen molar-refractivity contribution in [2.24, 2.45) is 11.8 Å². The molecule has 1 aromatic rings. The molecule has 0 spiro atoms. The number of amides is 2. The van der Waals surface area contributed by atoms with Crippen LogP contribution in [-0.4, -0.2) is 53.1 Å². The topological polar surface area (TPSA) is 69.7 Å². The van der Waals surface area contributed by atoms with E-state index in [2.05, 4.69) is 17.1 Å². The van der Waals surface area contributed by atoms with E-state index < -0.39 is 0 Å². The maximum absolute atomic E-state index is 14.5. The van der Waals surface area contributed by atoms with Crippen molar-refractivity contribution < 1.29 is 18.8 Å². The Kier molecular flexibility index (Phi) is 8.02. The summed E-state index contributed by atoms with van der Waals surface area (Å²) in [6, 6.07) is 3.03. The quantitative estimate of drug-likeness (QED) is 0.666. The third-order valence-corrected chi connectivity index (χ3v) is 7.96. The Hall–Kier alpha value is -2.28. The highest BCUT2D eigenvalue weighted by Crippen LogP contribution is 2.29. The number of carbonyl (C=O) groups excluding carboxylic acids is 3. The number of piperazine rings is 1. The van der Waals surface area contributed by atoms with Gasteiger partial charge in [0.15, 0.2) is 0 Å². The monoisotopic (exact) mass is 471 g/mol. The van der Waals surface area contributed by atoms with Gasteiger partial charge in [-0.3, -0.25) is 19.3 Å². The minimum absolute atomic E-state index is 0.128. The molecule has 7 heteroatoms. The molecule has 4 rings (SSSR count). The van der Waals surface area contributed by atoms with Crippen molar-refractivity contribution in [3.8, 4) is 0 Å². The van der Waals surface area contributed by atoms with Crippen molar-refractivity contribution >= 4 is 23.3 Å². The zero-order valence-electron chi connectivity index (χ0n) is 20.6.